The van der Waals surface area contributed by atoms with Gasteiger partial charge in [0.1, 0.15) is 11.8 Å². The minimum atomic E-state index is -0.644. The van der Waals surface area contributed by atoms with Gasteiger partial charge in [0.05, 0.1) is 5.02 Å². The smallest absolute Gasteiger partial charge is 0.261 e. The van der Waals surface area contributed by atoms with E-state index in [0.717, 1.165) is 16.5 Å². The Hall–Kier alpha value is -2.05. The molecule has 0 saturated heterocycles. The van der Waals surface area contributed by atoms with E-state index in [2.05, 4.69) is 21.2 Å². The van der Waals surface area contributed by atoms with Gasteiger partial charge < -0.3 is 15.0 Å². The number of carbonyl (C=O) groups is 2. The lowest BCUT2D eigenvalue weighted by Crippen LogP contribution is -2.50. The van der Waals surface area contributed by atoms with E-state index in [-0.39, 0.29) is 24.5 Å². The lowest BCUT2D eigenvalue weighted by atomic mass is 10.1. The monoisotopic (exact) mass is 480 g/mol. The Labute approximate surface area is 185 Å². The van der Waals surface area contributed by atoms with Crippen LogP contribution >= 0.6 is 27.5 Å². The highest BCUT2D eigenvalue weighted by atomic mass is 79.9. The van der Waals surface area contributed by atoms with Gasteiger partial charge in [0.2, 0.25) is 5.91 Å². The SMILES string of the molecule is CC[C@@H](C)NC(=O)[C@H](C)N(Cc1ccc(Br)cc1)C(=O)COc1ccccc1Cl. The fraction of sp³-hybridized carbons (Fsp3) is 0.364. The molecule has 0 fully saturated rings. The number of carbonyl (C=O) groups excluding carboxylic acids is 2. The van der Waals surface area contributed by atoms with E-state index < -0.39 is 6.04 Å². The van der Waals surface area contributed by atoms with Crippen molar-refractivity contribution in [3.63, 3.8) is 0 Å². The van der Waals surface area contributed by atoms with Crippen LogP contribution in [0.5, 0.6) is 5.75 Å². The van der Waals surface area contributed by atoms with Crippen molar-refractivity contribution in [2.75, 3.05) is 6.61 Å². The molecule has 1 N–H and O–H groups in total. The summed E-state index contributed by atoms with van der Waals surface area (Å²) in [6, 6.07) is 14.0. The van der Waals surface area contributed by atoms with Gasteiger partial charge in [-0.3, -0.25) is 9.59 Å². The molecule has 0 spiro atoms. The number of amides is 2. The van der Waals surface area contributed by atoms with E-state index in [1.165, 1.54) is 4.90 Å². The molecule has 0 radical (unpaired) electrons. The van der Waals surface area contributed by atoms with Crippen LogP contribution in [0, 0.1) is 0 Å². The second kappa shape index (κ2) is 11.2. The van der Waals surface area contributed by atoms with Gasteiger partial charge in [-0.05, 0) is 50.1 Å². The van der Waals surface area contributed by atoms with E-state index in [4.69, 9.17) is 16.3 Å². The van der Waals surface area contributed by atoms with Crippen molar-refractivity contribution in [2.45, 2.75) is 45.8 Å². The molecule has 5 nitrogen and oxygen atoms in total. The van der Waals surface area contributed by atoms with Crippen LogP contribution in [0.3, 0.4) is 0 Å². The number of ether oxygens (including phenoxy) is 1. The summed E-state index contributed by atoms with van der Waals surface area (Å²) in [5.41, 5.74) is 0.919. The van der Waals surface area contributed by atoms with Crippen LogP contribution in [-0.2, 0) is 16.1 Å². The third kappa shape index (κ3) is 7.05. The molecule has 0 heterocycles. The van der Waals surface area contributed by atoms with E-state index >= 15 is 0 Å². The van der Waals surface area contributed by atoms with Crippen LogP contribution in [-0.4, -0.2) is 35.4 Å². The first kappa shape index (κ1) is 23.2. The summed E-state index contributed by atoms with van der Waals surface area (Å²) in [6.07, 6.45) is 0.814. The Bertz CT molecular complexity index is 829. The standard InChI is InChI=1S/C22H26BrClN2O3/c1-4-15(2)25-22(28)16(3)26(13-17-9-11-18(23)12-10-17)21(27)14-29-20-8-6-5-7-19(20)24/h5-12,15-16H,4,13-14H2,1-3H3,(H,25,28)/t15-,16+/m1/s1. The number of halogens is 2. The normalized spacial score (nSPS) is 12.7. The first-order valence-electron chi connectivity index (χ1n) is 9.53. The fourth-order valence-corrected chi connectivity index (χ4v) is 3.07. The highest BCUT2D eigenvalue weighted by molar-refractivity contribution is 9.10. The summed E-state index contributed by atoms with van der Waals surface area (Å²) in [5, 5.41) is 3.37. The van der Waals surface area contributed by atoms with Gasteiger partial charge in [0.15, 0.2) is 6.61 Å². The Balaban J connectivity index is 2.15. The molecule has 0 aliphatic heterocycles. The maximum atomic E-state index is 13.0. The predicted molar refractivity (Wildman–Crippen MR) is 119 cm³/mol. The minimum Gasteiger partial charge on any atom is -0.482 e. The number of nitrogens with one attached hydrogen (secondary N) is 1. The van der Waals surface area contributed by atoms with Gasteiger partial charge in [-0.25, -0.2) is 0 Å². The topological polar surface area (TPSA) is 58.6 Å². The van der Waals surface area contributed by atoms with Crippen molar-refractivity contribution in [3.05, 3.63) is 63.6 Å². The molecular weight excluding hydrogens is 456 g/mol. The molecule has 2 aromatic rings. The van der Waals surface area contributed by atoms with Gasteiger partial charge in [-0.1, -0.05) is 58.7 Å². The molecule has 0 aliphatic rings. The second-order valence-electron chi connectivity index (χ2n) is 6.86. The van der Waals surface area contributed by atoms with Crippen LogP contribution in [0.1, 0.15) is 32.8 Å². The molecule has 0 unspecified atom stereocenters. The van der Waals surface area contributed by atoms with Crippen molar-refractivity contribution in [1.29, 1.82) is 0 Å². The van der Waals surface area contributed by atoms with E-state index in [1.807, 2.05) is 38.1 Å². The van der Waals surface area contributed by atoms with Gasteiger partial charge in [0, 0.05) is 17.1 Å². The average molecular weight is 482 g/mol. The van der Waals surface area contributed by atoms with Crippen molar-refractivity contribution in [3.8, 4) is 5.75 Å². The Morgan fingerprint density at radius 1 is 1.14 bits per heavy atom. The number of rotatable bonds is 9. The van der Waals surface area contributed by atoms with Gasteiger partial charge in [-0.15, -0.1) is 0 Å². The second-order valence-corrected chi connectivity index (χ2v) is 8.18. The van der Waals surface area contributed by atoms with Crippen LogP contribution in [0.2, 0.25) is 5.02 Å². The third-order valence-corrected chi connectivity index (χ3v) is 5.46. The van der Waals surface area contributed by atoms with Crippen LogP contribution in [0.25, 0.3) is 0 Å². The van der Waals surface area contributed by atoms with E-state index in [1.54, 1.807) is 31.2 Å². The third-order valence-electron chi connectivity index (χ3n) is 4.62. The highest BCUT2D eigenvalue weighted by Gasteiger charge is 2.27. The lowest BCUT2D eigenvalue weighted by Gasteiger charge is -2.29. The van der Waals surface area contributed by atoms with Gasteiger partial charge >= 0.3 is 0 Å². The molecule has 29 heavy (non-hydrogen) atoms. The molecule has 0 aromatic heterocycles. The number of nitrogens with zero attached hydrogens (tertiary/aromatic N) is 1. The molecule has 2 amide bonds. The van der Waals surface area contributed by atoms with Crippen molar-refractivity contribution < 1.29 is 14.3 Å². The summed E-state index contributed by atoms with van der Waals surface area (Å²) in [4.78, 5) is 27.2. The highest BCUT2D eigenvalue weighted by Crippen LogP contribution is 2.23. The fourth-order valence-electron chi connectivity index (χ4n) is 2.62. The number of benzene rings is 2. The van der Waals surface area contributed by atoms with Crippen molar-refractivity contribution in [1.82, 2.24) is 10.2 Å². The molecule has 0 bridgehead atoms. The van der Waals surface area contributed by atoms with E-state index in [0.29, 0.717) is 17.3 Å². The summed E-state index contributed by atoms with van der Waals surface area (Å²) in [5.74, 6) is -0.0509. The Morgan fingerprint density at radius 3 is 2.41 bits per heavy atom. The summed E-state index contributed by atoms with van der Waals surface area (Å²) >= 11 is 9.51. The van der Waals surface area contributed by atoms with Crippen LogP contribution in [0.4, 0.5) is 0 Å². The predicted octanol–water partition coefficient (Wildman–Crippen LogP) is 4.81. The molecule has 2 atom stereocenters. The van der Waals surface area contributed by atoms with E-state index in [9.17, 15) is 9.59 Å². The molecular formula is C22H26BrClN2O3. The summed E-state index contributed by atoms with van der Waals surface area (Å²) < 4.78 is 6.55. The lowest BCUT2D eigenvalue weighted by molar-refractivity contribution is -0.142. The number of hydrogen-bond donors (Lipinski definition) is 1. The summed E-state index contributed by atoms with van der Waals surface area (Å²) in [7, 11) is 0. The first-order chi connectivity index (χ1) is 13.8. The quantitative estimate of drug-likeness (QED) is 0.559. The van der Waals surface area contributed by atoms with Crippen LogP contribution in [0.15, 0.2) is 53.0 Å². The molecule has 0 saturated carbocycles. The van der Waals surface area contributed by atoms with Crippen molar-refractivity contribution in [2.24, 2.45) is 0 Å². The molecule has 7 heteroatoms. The zero-order valence-corrected chi connectivity index (χ0v) is 19.2. The number of para-hydroxylation sites is 1. The molecule has 0 aliphatic carbocycles. The first-order valence-corrected chi connectivity index (χ1v) is 10.7. The van der Waals surface area contributed by atoms with Crippen LogP contribution < -0.4 is 10.1 Å². The zero-order chi connectivity index (χ0) is 21.4. The Kier molecular flexibility index (Phi) is 8.99. The Morgan fingerprint density at radius 2 is 1.79 bits per heavy atom. The number of hydrogen-bond acceptors (Lipinski definition) is 3. The molecule has 2 aromatic carbocycles. The minimum absolute atomic E-state index is 0.0361. The zero-order valence-electron chi connectivity index (χ0n) is 16.8. The maximum absolute atomic E-state index is 13.0. The largest absolute Gasteiger partial charge is 0.482 e. The molecule has 156 valence electrons. The molecule has 2 rings (SSSR count). The van der Waals surface area contributed by atoms with Gasteiger partial charge in [0.25, 0.3) is 5.91 Å². The van der Waals surface area contributed by atoms with Gasteiger partial charge in [-0.2, -0.15) is 0 Å². The average Bonchev–Trinajstić information content (AvgIpc) is 2.71. The van der Waals surface area contributed by atoms with Crippen molar-refractivity contribution >= 4 is 39.3 Å². The maximum Gasteiger partial charge on any atom is 0.261 e. The summed E-state index contributed by atoms with van der Waals surface area (Å²) in [6.45, 7) is 5.75.